The van der Waals surface area contributed by atoms with Gasteiger partial charge < -0.3 is 19.3 Å². The van der Waals surface area contributed by atoms with Gasteiger partial charge in [-0.25, -0.2) is 0 Å². The SMILES string of the molecule is CCOc1ccc(C2COc3cc(OC)ccc3C2O)cc1. The van der Waals surface area contributed by atoms with Gasteiger partial charge in [-0.15, -0.1) is 0 Å². The van der Waals surface area contributed by atoms with Gasteiger partial charge in [0.05, 0.1) is 26.4 Å². The van der Waals surface area contributed by atoms with Crippen molar-refractivity contribution in [2.24, 2.45) is 0 Å². The summed E-state index contributed by atoms with van der Waals surface area (Å²) in [5, 5.41) is 10.7. The van der Waals surface area contributed by atoms with Crippen molar-refractivity contribution in [3.05, 3.63) is 53.6 Å². The molecule has 0 bridgehead atoms. The van der Waals surface area contributed by atoms with Gasteiger partial charge in [0.2, 0.25) is 0 Å². The molecule has 1 heterocycles. The lowest BCUT2D eigenvalue weighted by Gasteiger charge is -2.31. The molecule has 0 aliphatic carbocycles. The highest BCUT2D eigenvalue weighted by Gasteiger charge is 2.30. The molecule has 116 valence electrons. The van der Waals surface area contributed by atoms with Crippen LogP contribution in [0.1, 0.15) is 30.1 Å². The Kier molecular flexibility index (Phi) is 4.20. The highest BCUT2D eigenvalue weighted by Crippen LogP contribution is 2.42. The molecule has 0 saturated heterocycles. The summed E-state index contributed by atoms with van der Waals surface area (Å²) in [7, 11) is 1.61. The zero-order valence-corrected chi connectivity index (χ0v) is 12.8. The Hall–Kier alpha value is -2.20. The highest BCUT2D eigenvalue weighted by atomic mass is 16.5. The minimum absolute atomic E-state index is 0.0865. The summed E-state index contributed by atoms with van der Waals surface area (Å²) in [6.07, 6.45) is -0.590. The molecule has 2 unspecified atom stereocenters. The van der Waals surface area contributed by atoms with Crippen molar-refractivity contribution in [2.45, 2.75) is 18.9 Å². The number of rotatable bonds is 4. The molecule has 4 nitrogen and oxygen atoms in total. The number of ether oxygens (including phenoxy) is 3. The fraction of sp³-hybridized carbons (Fsp3) is 0.333. The van der Waals surface area contributed by atoms with Crippen molar-refractivity contribution in [1.82, 2.24) is 0 Å². The monoisotopic (exact) mass is 300 g/mol. The van der Waals surface area contributed by atoms with Crippen molar-refractivity contribution in [3.63, 3.8) is 0 Å². The summed E-state index contributed by atoms with van der Waals surface area (Å²) in [6, 6.07) is 13.3. The Morgan fingerprint density at radius 1 is 1.14 bits per heavy atom. The van der Waals surface area contributed by atoms with E-state index in [1.54, 1.807) is 7.11 Å². The van der Waals surface area contributed by atoms with E-state index in [0.29, 0.717) is 19.0 Å². The first-order valence-corrected chi connectivity index (χ1v) is 7.44. The van der Waals surface area contributed by atoms with Gasteiger partial charge in [-0.05, 0) is 36.8 Å². The van der Waals surface area contributed by atoms with Gasteiger partial charge in [0.15, 0.2) is 0 Å². The van der Waals surface area contributed by atoms with Gasteiger partial charge in [0, 0.05) is 17.5 Å². The molecule has 22 heavy (non-hydrogen) atoms. The minimum atomic E-state index is -0.590. The average molecular weight is 300 g/mol. The Bertz CT molecular complexity index is 636. The van der Waals surface area contributed by atoms with E-state index in [9.17, 15) is 5.11 Å². The van der Waals surface area contributed by atoms with Crippen LogP contribution in [0.3, 0.4) is 0 Å². The van der Waals surface area contributed by atoms with Gasteiger partial charge in [0.1, 0.15) is 17.2 Å². The first-order valence-electron chi connectivity index (χ1n) is 7.44. The molecule has 1 aliphatic heterocycles. The third-order valence-corrected chi connectivity index (χ3v) is 3.96. The molecule has 1 aliphatic rings. The molecule has 4 heteroatoms. The largest absolute Gasteiger partial charge is 0.497 e. The van der Waals surface area contributed by atoms with Crippen LogP contribution in [0.2, 0.25) is 0 Å². The third kappa shape index (κ3) is 2.74. The lowest BCUT2D eigenvalue weighted by atomic mass is 9.87. The third-order valence-electron chi connectivity index (χ3n) is 3.96. The Labute approximate surface area is 130 Å². The maximum atomic E-state index is 10.7. The smallest absolute Gasteiger partial charge is 0.128 e. The van der Waals surface area contributed by atoms with E-state index in [1.807, 2.05) is 49.4 Å². The molecule has 2 atom stereocenters. The Morgan fingerprint density at radius 2 is 1.86 bits per heavy atom. The summed E-state index contributed by atoms with van der Waals surface area (Å²) in [5.74, 6) is 2.17. The number of hydrogen-bond donors (Lipinski definition) is 1. The van der Waals surface area contributed by atoms with Crippen molar-refractivity contribution in [3.8, 4) is 17.2 Å². The molecule has 2 aromatic carbocycles. The van der Waals surface area contributed by atoms with E-state index in [4.69, 9.17) is 14.2 Å². The molecule has 0 radical (unpaired) electrons. The zero-order chi connectivity index (χ0) is 15.5. The van der Waals surface area contributed by atoms with Crippen molar-refractivity contribution in [1.29, 1.82) is 0 Å². The molecule has 3 rings (SSSR count). The zero-order valence-electron chi connectivity index (χ0n) is 12.8. The maximum absolute atomic E-state index is 10.7. The quantitative estimate of drug-likeness (QED) is 0.941. The second-order valence-electron chi connectivity index (χ2n) is 5.27. The van der Waals surface area contributed by atoms with E-state index in [-0.39, 0.29) is 5.92 Å². The fourth-order valence-corrected chi connectivity index (χ4v) is 2.75. The van der Waals surface area contributed by atoms with Crippen LogP contribution in [0.5, 0.6) is 17.2 Å². The average Bonchev–Trinajstić information content (AvgIpc) is 2.56. The fourth-order valence-electron chi connectivity index (χ4n) is 2.75. The predicted molar refractivity (Wildman–Crippen MR) is 83.8 cm³/mol. The van der Waals surface area contributed by atoms with E-state index in [1.165, 1.54) is 0 Å². The molecule has 0 amide bonds. The lowest BCUT2D eigenvalue weighted by Crippen LogP contribution is -2.24. The number of aliphatic hydroxyl groups excluding tert-OH is 1. The summed E-state index contributed by atoms with van der Waals surface area (Å²) < 4.78 is 16.4. The number of hydrogen-bond acceptors (Lipinski definition) is 4. The van der Waals surface area contributed by atoms with Crippen LogP contribution in [-0.2, 0) is 0 Å². The molecule has 2 aromatic rings. The van der Waals surface area contributed by atoms with Gasteiger partial charge in [-0.3, -0.25) is 0 Å². The normalized spacial score (nSPS) is 20.0. The van der Waals surface area contributed by atoms with E-state index in [0.717, 1.165) is 22.6 Å². The molecule has 0 fully saturated rings. The van der Waals surface area contributed by atoms with Crippen LogP contribution < -0.4 is 14.2 Å². The lowest BCUT2D eigenvalue weighted by molar-refractivity contribution is 0.0887. The minimum Gasteiger partial charge on any atom is -0.497 e. The molecule has 0 aromatic heterocycles. The predicted octanol–water partition coefficient (Wildman–Crippen LogP) is 3.30. The number of aliphatic hydroxyl groups is 1. The van der Waals surface area contributed by atoms with Gasteiger partial charge in [-0.2, -0.15) is 0 Å². The maximum Gasteiger partial charge on any atom is 0.128 e. The molecular weight excluding hydrogens is 280 g/mol. The summed E-state index contributed by atoms with van der Waals surface area (Å²) in [4.78, 5) is 0. The van der Waals surface area contributed by atoms with Crippen LogP contribution in [0.4, 0.5) is 0 Å². The Morgan fingerprint density at radius 3 is 2.55 bits per heavy atom. The van der Waals surface area contributed by atoms with Crippen molar-refractivity contribution < 1.29 is 19.3 Å². The first kappa shape index (κ1) is 14.7. The van der Waals surface area contributed by atoms with Crippen LogP contribution in [0.15, 0.2) is 42.5 Å². The van der Waals surface area contributed by atoms with Crippen molar-refractivity contribution in [2.75, 3.05) is 20.3 Å². The second-order valence-corrected chi connectivity index (χ2v) is 5.27. The molecular formula is C18H20O4. The highest BCUT2D eigenvalue weighted by molar-refractivity contribution is 5.45. The van der Waals surface area contributed by atoms with Gasteiger partial charge in [-0.1, -0.05) is 12.1 Å². The molecule has 0 spiro atoms. The van der Waals surface area contributed by atoms with E-state index in [2.05, 4.69) is 0 Å². The van der Waals surface area contributed by atoms with Crippen molar-refractivity contribution >= 4 is 0 Å². The molecule has 0 saturated carbocycles. The van der Waals surface area contributed by atoms with Crippen LogP contribution >= 0.6 is 0 Å². The van der Waals surface area contributed by atoms with Crippen LogP contribution in [0, 0.1) is 0 Å². The summed E-state index contributed by atoms with van der Waals surface area (Å²) >= 11 is 0. The second kappa shape index (κ2) is 6.28. The molecule has 1 N–H and O–H groups in total. The number of fused-ring (bicyclic) bond motifs is 1. The Balaban J connectivity index is 1.84. The standard InChI is InChI=1S/C18H20O4/c1-3-21-13-6-4-12(5-7-13)16-11-22-17-10-14(20-2)8-9-15(17)18(16)19/h4-10,16,18-19H,3,11H2,1-2H3. The van der Waals surface area contributed by atoms with E-state index < -0.39 is 6.10 Å². The first-order chi connectivity index (χ1) is 10.7. The van der Waals surface area contributed by atoms with E-state index >= 15 is 0 Å². The number of methoxy groups -OCH3 is 1. The number of benzene rings is 2. The van der Waals surface area contributed by atoms with Gasteiger partial charge in [0.25, 0.3) is 0 Å². The summed E-state index contributed by atoms with van der Waals surface area (Å²) in [6.45, 7) is 3.04. The topological polar surface area (TPSA) is 47.9 Å². The summed E-state index contributed by atoms with van der Waals surface area (Å²) in [5.41, 5.74) is 1.84. The van der Waals surface area contributed by atoms with Crippen LogP contribution in [-0.4, -0.2) is 25.4 Å². The van der Waals surface area contributed by atoms with Crippen LogP contribution in [0.25, 0.3) is 0 Å². The van der Waals surface area contributed by atoms with Gasteiger partial charge >= 0.3 is 0 Å².